The number of nitrogens with two attached hydrogens (primary N) is 1. The molecule has 0 heterocycles. The van der Waals surface area contributed by atoms with E-state index in [-0.39, 0.29) is 0 Å². The molecule has 8 heavy (non-hydrogen) atoms. The van der Waals surface area contributed by atoms with E-state index in [0.717, 1.165) is 13.0 Å². The van der Waals surface area contributed by atoms with E-state index in [1.54, 1.807) is 6.08 Å². The van der Waals surface area contributed by atoms with Gasteiger partial charge in [-0.1, -0.05) is 6.92 Å². The van der Waals surface area contributed by atoms with Gasteiger partial charge in [-0.2, -0.15) is 0 Å². The van der Waals surface area contributed by atoms with Crippen molar-refractivity contribution in [2.24, 2.45) is 5.73 Å². The fourth-order valence-electron chi connectivity index (χ4n) is 0.351. The van der Waals surface area contributed by atoms with E-state index in [1.165, 1.54) is 6.20 Å². The predicted octanol–water partition coefficient (Wildman–Crippen LogP) is 0.885. The Kier molecular flexibility index (Phi) is 6.09. The molecule has 2 nitrogen and oxygen atoms in total. The van der Waals surface area contributed by atoms with Crippen LogP contribution in [-0.2, 0) is 4.74 Å². The normalized spacial score (nSPS) is 10.6. The second-order valence-corrected chi connectivity index (χ2v) is 1.50. The molecule has 48 valence electrons. The van der Waals surface area contributed by atoms with E-state index in [9.17, 15) is 0 Å². The van der Waals surface area contributed by atoms with Crippen molar-refractivity contribution < 1.29 is 4.74 Å². The molecule has 0 bridgehead atoms. The number of ether oxygens (including phenoxy) is 1. The zero-order valence-corrected chi connectivity index (χ0v) is 5.26. The van der Waals surface area contributed by atoms with Gasteiger partial charge in [-0.3, -0.25) is 0 Å². The molecule has 0 rings (SSSR count). The third-order valence-electron chi connectivity index (χ3n) is 0.699. The summed E-state index contributed by atoms with van der Waals surface area (Å²) in [6, 6.07) is 0. The molecule has 0 aromatic carbocycles. The molecule has 0 radical (unpaired) electrons. The molecule has 0 spiro atoms. The molecule has 2 heteroatoms. The summed E-state index contributed by atoms with van der Waals surface area (Å²) in [6.07, 6.45) is 4.35. The summed E-state index contributed by atoms with van der Waals surface area (Å²) >= 11 is 0. The van der Waals surface area contributed by atoms with E-state index < -0.39 is 0 Å². The summed E-state index contributed by atoms with van der Waals surface area (Å²) in [7, 11) is 0. The van der Waals surface area contributed by atoms with Gasteiger partial charge < -0.3 is 10.5 Å². The largest absolute Gasteiger partial charge is 0.405 e. The molecule has 0 aromatic heterocycles. The van der Waals surface area contributed by atoms with Crippen LogP contribution in [0.1, 0.15) is 13.3 Å². The Hall–Kier alpha value is -0.500. The van der Waals surface area contributed by atoms with Gasteiger partial charge in [0.2, 0.25) is 0 Å². The summed E-state index contributed by atoms with van der Waals surface area (Å²) in [4.78, 5) is 0. The number of hydrogen-bond acceptors (Lipinski definition) is 2. The highest BCUT2D eigenvalue weighted by atomic mass is 16.5. The standard InChI is InChI=1S/C6H13NO/c1-2-5-8-6-3-4-7/h3-4H,2,5-7H2,1H3/b4-3+. The molecule has 0 atom stereocenters. The van der Waals surface area contributed by atoms with Gasteiger partial charge in [-0.15, -0.1) is 0 Å². The summed E-state index contributed by atoms with van der Waals surface area (Å²) < 4.78 is 5.06. The second-order valence-electron chi connectivity index (χ2n) is 1.50. The molecular weight excluding hydrogens is 102 g/mol. The smallest absolute Gasteiger partial charge is 0.0664 e. The summed E-state index contributed by atoms with van der Waals surface area (Å²) in [6.45, 7) is 3.54. The summed E-state index contributed by atoms with van der Waals surface area (Å²) in [5, 5.41) is 0. The SMILES string of the molecule is CCCOC/C=C/N. The molecule has 0 saturated heterocycles. The van der Waals surface area contributed by atoms with Crippen molar-refractivity contribution in [2.45, 2.75) is 13.3 Å². The van der Waals surface area contributed by atoms with Crippen LogP contribution >= 0.6 is 0 Å². The zero-order chi connectivity index (χ0) is 6.24. The van der Waals surface area contributed by atoms with Crippen LogP contribution in [0.3, 0.4) is 0 Å². The Morgan fingerprint density at radius 1 is 1.62 bits per heavy atom. The monoisotopic (exact) mass is 115 g/mol. The average molecular weight is 115 g/mol. The molecule has 0 aliphatic carbocycles. The van der Waals surface area contributed by atoms with Gasteiger partial charge in [0, 0.05) is 6.61 Å². The number of hydrogen-bond donors (Lipinski definition) is 1. The van der Waals surface area contributed by atoms with Crippen LogP contribution in [0.25, 0.3) is 0 Å². The minimum atomic E-state index is 0.643. The minimum Gasteiger partial charge on any atom is -0.405 e. The second kappa shape index (κ2) is 6.50. The molecule has 2 N–H and O–H groups in total. The first-order valence-corrected chi connectivity index (χ1v) is 2.86. The van der Waals surface area contributed by atoms with Crippen molar-refractivity contribution in [3.63, 3.8) is 0 Å². The maximum Gasteiger partial charge on any atom is 0.0664 e. The maximum absolute atomic E-state index is 5.06. The number of rotatable bonds is 4. The third-order valence-corrected chi connectivity index (χ3v) is 0.699. The van der Waals surface area contributed by atoms with Crippen molar-refractivity contribution in [1.82, 2.24) is 0 Å². The van der Waals surface area contributed by atoms with Crippen molar-refractivity contribution in [1.29, 1.82) is 0 Å². The van der Waals surface area contributed by atoms with Gasteiger partial charge in [0.05, 0.1) is 6.61 Å². The van der Waals surface area contributed by atoms with Gasteiger partial charge in [0.1, 0.15) is 0 Å². The van der Waals surface area contributed by atoms with Crippen LogP contribution in [0.5, 0.6) is 0 Å². The Morgan fingerprint density at radius 3 is 2.88 bits per heavy atom. The fraction of sp³-hybridized carbons (Fsp3) is 0.667. The molecule has 0 aliphatic heterocycles. The highest BCUT2D eigenvalue weighted by molar-refractivity contribution is 4.74. The minimum absolute atomic E-state index is 0.643. The lowest BCUT2D eigenvalue weighted by Gasteiger charge is -1.93. The first-order chi connectivity index (χ1) is 3.91. The maximum atomic E-state index is 5.06. The van der Waals surface area contributed by atoms with E-state index >= 15 is 0 Å². The Labute approximate surface area is 50.3 Å². The van der Waals surface area contributed by atoms with Gasteiger partial charge in [0.25, 0.3) is 0 Å². The predicted molar refractivity (Wildman–Crippen MR) is 34.4 cm³/mol. The lowest BCUT2D eigenvalue weighted by molar-refractivity contribution is 0.163. The lowest BCUT2D eigenvalue weighted by Crippen LogP contribution is -1.92. The quantitative estimate of drug-likeness (QED) is 0.552. The molecule has 0 amide bonds. The average Bonchev–Trinajstić information content (AvgIpc) is 1.81. The van der Waals surface area contributed by atoms with Crippen molar-refractivity contribution in [3.05, 3.63) is 12.3 Å². The third kappa shape index (κ3) is 5.50. The first kappa shape index (κ1) is 7.50. The van der Waals surface area contributed by atoms with Gasteiger partial charge in [0.15, 0.2) is 0 Å². The van der Waals surface area contributed by atoms with Crippen LogP contribution in [-0.4, -0.2) is 13.2 Å². The molecule has 0 fully saturated rings. The summed E-state index contributed by atoms with van der Waals surface area (Å²) in [5.74, 6) is 0. The molecule has 0 aliphatic rings. The Balaban J connectivity index is 2.72. The lowest BCUT2D eigenvalue weighted by atomic mass is 10.5. The van der Waals surface area contributed by atoms with Crippen molar-refractivity contribution >= 4 is 0 Å². The van der Waals surface area contributed by atoms with Crippen LogP contribution in [0.2, 0.25) is 0 Å². The van der Waals surface area contributed by atoms with Crippen molar-refractivity contribution in [2.75, 3.05) is 13.2 Å². The Bertz CT molecular complexity index is 61.5. The van der Waals surface area contributed by atoms with Gasteiger partial charge in [-0.25, -0.2) is 0 Å². The molecule has 0 aromatic rings. The zero-order valence-electron chi connectivity index (χ0n) is 5.26. The Morgan fingerprint density at radius 2 is 2.38 bits per heavy atom. The van der Waals surface area contributed by atoms with E-state index in [0.29, 0.717) is 6.61 Å². The van der Waals surface area contributed by atoms with E-state index in [2.05, 4.69) is 6.92 Å². The van der Waals surface area contributed by atoms with Crippen molar-refractivity contribution in [3.8, 4) is 0 Å². The van der Waals surface area contributed by atoms with Crippen LogP contribution in [0.4, 0.5) is 0 Å². The first-order valence-electron chi connectivity index (χ1n) is 2.86. The topological polar surface area (TPSA) is 35.2 Å². The van der Waals surface area contributed by atoms with Gasteiger partial charge >= 0.3 is 0 Å². The highest BCUT2D eigenvalue weighted by Gasteiger charge is 1.76. The van der Waals surface area contributed by atoms with Crippen LogP contribution in [0.15, 0.2) is 12.3 Å². The highest BCUT2D eigenvalue weighted by Crippen LogP contribution is 1.78. The van der Waals surface area contributed by atoms with Crippen LogP contribution in [0, 0.1) is 0 Å². The molecule has 0 saturated carbocycles. The van der Waals surface area contributed by atoms with E-state index in [1.807, 2.05) is 0 Å². The van der Waals surface area contributed by atoms with Gasteiger partial charge in [-0.05, 0) is 18.7 Å². The molecular formula is C6H13NO. The summed E-state index contributed by atoms with van der Waals surface area (Å²) in [5.41, 5.74) is 5.05. The fourth-order valence-corrected chi connectivity index (χ4v) is 0.351. The van der Waals surface area contributed by atoms with Crippen LogP contribution < -0.4 is 5.73 Å². The van der Waals surface area contributed by atoms with E-state index in [4.69, 9.17) is 10.5 Å². The molecule has 0 unspecified atom stereocenters.